The van der Waals surface area contributed by atoms with Crippen LogP contribution in [0.1, 0.15) is 19.8 Å². The molecular weight excluding hydrogens is 298 g/mol. The van der Waals surface area contributed by atoms with Gasteiger partial charge in [-0.3, -0.25) is 9.80 Å². The van der Waals surface area contributed by atoms with Crippen molar-refractivity contribution >= 4 is 6.09 Å². The molecule has 1 spiro atoms. The maximum atomic E-state index is 13.3. The summed E-state index contributed by atoms with van der Waals surface area (Å²) in [5.74, 6) is -2.66. The van der Waals surface area contributed by atoms with Crippen LogP contribution in [0.3, 0.4) is 0 Å². The van der Waals surface area contributed by atoms with Gasteiger partial charge in [0.25, 0.3) is 5.92 Å². The van der Waals surface area contributed by atoms with Crippen LogP contribution >= 0.6 is 0 Å². The van der Waals surface area contributed by atoms with Crippen LogP contribution in [-0.4, -0.2) is 79.1 Å². The monoisotopic (exact) mass is 322 g/mol. The summed E-state index contributed by atoms with van der Waals surface area (Å²) >= 11 is 0. The van der Waals surface area contributed by atoms with Crippen LogP contribution in [0.15, 0.2) is 0 Å². The second-order valence-corrected chi connectivity index (χ2v) is 6.52. The smallest absolute Gasteiger partial charge is 0.409 e. The summed E-state index contributed by atoms with van der Waals surface area (Å²) in [6.07, 6.45) is 0.210. The zero-order chi connectivity index (χ0) is 16.4. The van der Waals surface area contributed by atoms with E-state index < -0.39 is 17.6 Å². The van der Waals surface area contributed by atoms with E-state index in [1.165, 1.54) is 4.90 Å². The second kappa shape index (κ2) is 6.64. The Morgan fingerprint density at radius 1 is 1.55 bits per heavy atom. The fourth-order valence-electron chi connectivity index (χ4n) is 3.48. The van der Waals surface area contributed by atoms with Gasteiger partial charge in [0.1, 0.15) is 6.73 Å². The molecule has 0 bridgehead atoms. The number of amides is 1. The number of carbonyl (C=O) groups is 1. The lowest BCUT2D eigenvalue weighted by molar-refractivity contribution is -0.175. The third kappa shape index (κ3) is 4.50. The summed E-state index contributed by atoms with van der Waals surface area (Å²) < 4.78 is 37.7. The number of methoxy groups -OCH3 is 1. The number of ether oxygens (including phenoxy) is 2. The van der Waals surface area contributed by atoms with Gasteiger partial charge in [-0.1, -0.05) is 0 Å². The molecular formula is C14H24F2N2O4. The zero-order valence-corrected chi connectivity index (χ0v) is 13.1. The molecule has 2 aliphatic heterocycles. The molecule has 0 radical (unpaired) electrons. The second-order valence-electron chi connectivity index (χ2n) is 6.52. The summed E-state index contributed by atoms with van der Waals surface area (Å²) in [6.45, 7) is 2.39. The summed E-state index contributed by atoms with van der Waals surface area (Å²) in [5, 5.41) is 8.98. The molecule has 22 heavy (non-hydrogen) atoms. The third-order valence-electron chi connectivity index (χ3n) is 4.23. The Balaban J connectivity index is 2.04. The van der Waals surface area contributed by atoms with E-state index in [0.29, 0.717) is 39.1 Å². The molecule has 8 heteroatoms. The molecule has 128 valence electrons. The topological polar surface area (TPSA) is 62.2 Å². The third-order valence-corrected chi connectivity index (χ3v) is 4.23. The number of rotatable bonds is 4. The summed E-state index contributed by atoms with van der Waals surface area (Å²) in [7, 11) is 1.59. The lowest BCUT2D eigenvalue weighted by Gasteiger charge is -2.49. The van der Waals surface area contributed by atoms with Gasteiger partial charge in [0.2, 0.25) is 0 Å². The van der Waals surface area contributed by atoms with Crippen molar-refractivity contribution in [3.63, 3.8) is 0 Å². The van der Waals surface area contributed by atoms with Crippen molar-refractivity contribution in [2.75, 3.05) is 46.6 Å². The highest BCUT2D eigenvalue weighted by Gasteiger charge is 2.45. The Labute approximate surface area is 129 Å². The average Bonchev–Trinajstić information content (AvgIpc) is 2.36. The van der Waals surface area contributed by atoms with Crippen LogP contribution in [0, 0.1) is 5.92 Å². The SMILES string of the molecule is COCC1CN(CC(C)(F)F)CC2(CCN(C(=O)O)CO2)C1. The van der Waals surface area contributed by atoms with E-state index in [4.69, 9.17) is 14.6 Å². The number of nitrogens with zero attached hydrogens (tertiary/aromatic N) is 2. The van der Waals surface area contributed by atoms with Crippen molar-refractivity contribution < 1.29 is 28.2 Å². The van der Waals surface area contributed by atoms with Gasteiger partial charge in [-0.25, -0.2) is 13.6 Å². The van der Waals surface area contributed by atoms with Gasteiger partial charge in [0.05, 0.1) is 18.8 Å². The van der Waals surface area contributed by atoms with Crippen LogP contribution < -0.4 is 0 Å². The molecule has 0 aliphatic carbocycles. The fourth-order valence-corrected chi connectivity index (χ4v) is 3.48. The van der Waals surface area contributed by atoms with Crippen molar-refractivity contribution in [3.05, 3.63) is 0 Å². The van der Waals surface area contributed by atoms with Gasteiger partial charge in [-0.2, -0.15) is 0 Å². The van der Waals surface area contributed by atoms with Gasteiger partial charge in [0, 0.05) is 33.7 Å². The fraction of sp³-hybridized carbons (Fsp3) is 0.929. The molecule has 0 aromatic carbocycles. The van der Waals surface area contributed by atoms with Gasteiger partial charge in [-0.05, 0) is 18.8 Å². The van der Waals surface area contributed by atoms with Crippen LogP contribution in [0.5, 0.6) is 0 Å². The van der Waals surface area contributed by atoms with Crippen molar-refractivity contribution in [3.8, 4) is 0 Å². The summed E-state index contributed by atoms with van der Waals surface area (Å²) in [5.41, 5.74) is -0.557. The number of alkyl halides is 2. The van der Waals surface area contributed by atoms with E-state index in [-0.39, 0.29) is 19.2 Å². The van der Waals surface area contributed by atoms with Crippen LogP contribution in [0.4, 0.5) is 13.6 Å². The molecule has 2 atom stereocenters. The highest BCUT2D eigenvalue weighted by molar-refractivity contribution is 5.64. The Morgan fingerprint density at radius 3 is 2.77 bits per heavy atom. The minimum absolute atomic E-state index is 0.00854. The maximum absolute atomic E-state index is 13.3. The van der Waals surface area contributed by atoms with Gasteiger partial charge < -0.3 is 14.6 Å². The minimum Gasteiger partial charge on any atom is -0.465 e. The maximum Gasteiger partial charge on any atom is 0.409 e. The normalized spacial score (nSPS) is 30.7. The van der Waals surface area contributed by atoms with Gasteiger partial charge in [0.15, 0.2) is 0 Å². The molecule has 6 nitrogen and oxygen atoms in total. The lowest BCUT2D eigenvalue weighted by Crippen LogP contribution is -2.60. The van der Waals surface area contributed by atoms with Gasteiger partial charge >= 0.3 is 6.09 Å². The van der Waals surface area contributed by atoms with E-state index in [0.717, 1.165) is 6.92 Å². The number of halogens is 2. The number of carboxylic acid groups (broad SMARTS) is 1. The first-order valence-corrected chi connectivity index (χ1v) is 7.44. The Kier molecular flexibility index (Phi) is 5.24. The van der Waals surface area contributed by atoms with Crippen LogP contribution in [0.25, 0.3) is 0 Å². The Bertz CT molecular complexity index is 395. The highest BCUT2D eigenvalue weighted by Crippen LogP contribution is 2.35. The van der Waals surface area contributed by atoms with Gasteiger partial charge in [-0.15, -0.1) is 0 Å². The molecule has 0 aromatic heterocycles. The molecule has 2 fully saturated rings. The summed E-state index contributed by atoms with van der Waals surface area (Å²) in [6, 6.07) is 0. The summed E-state index contributed by atoms with van der Waals surface area (Å²) in [4.78, 5) is 13.9. The number of piperidine rings is 1. The van der Waals surface area contributed by atoms with Crippen molar-refractivity contribution in [2.45, 2.75) is 31.3 Å². The first kappa shape index (κ1) is 17.4. The zero-order valence-electron chi connectivity index (χ0n) is 13.1. The van der Waals surface area contributed by atoms with Crippen LogP contribution in [0.2, 0.25) is 0 Å². The number of hydrogen-bond acceptors (Lipinski definition) is 4. The van der Waals surface area contributed by atoms with E-state index in [1.54, 1.807) is 12.0 Å². The van der Waals surface area contributed by atoms with E-state index >= 15 is 0 Å². The van der Waals surface area contributed by atoms with Crippen molar-refractivity contribution in [2.24, 2.45) is 5.92 Å². The number of hydrogen-bond donors (Lipinski definition) is 1. The lowest BCUT2D eigenvalue weighted by atomic mass is 9.82. The molecule has 0 aromatic rings. The highest BCUT2D eigenvalue weighted by atomic mass is 19.3. The average molecular weight is 322 g/mol. The largest absolute Gasteiger partial charge is 0.465 e. The molecule has 2 rings (SSSR count). The molecule has 0 saturated carbocycles. The first-order chi connectivity index (χ1) is 10.2. The predicted molar refractivity (Wildman–Crippen MR) is 75.1 cm³/mol. The Hall–Kier alpha value is -0.990. The van der Waals surface area contributed by atoms with E-state index in [2.05, 4.69) is 0 Å². The standard InChI is InChI=1S/C14H24F2N2O4/c1-13(15,16)8-17-6-11(7-21-2)5-14(9-17)3-4-18(10-22-14)12(19)20/h11H,3-10H2,1-2H3,(H,19,20). The molecule has 2 heterocycles. The van der Waals surface area contributed by atoms with Crippen LogP contribution in [-0.2, 0) is 9.47 Å². The number of likely N-dealkylation sites (tertiary alicyclic amines) is 1. The van der Waals surface area contributed by atoms with E-state index in [1.807, 2.05) is 0 Å². The quantitative estimate of drug-likeness (QED) is 0.854. The molecule has 2 saturated heterocycles. The van der Waals surface area contributed by atoms with Crippen molar-refractivity contribution in [1.82, 2.24) is 9.80 Å². The molecule has 1 amide bonds. The first-order valence-electron chi connectivity index (χ1n) is 7.44. The van der Waals surface area contributed by atoms with Crippen molar-refractivity contribution in [1.29, 1.82) is 0 Å². The molecule has 2 aliphatic rings. The predicted octanol–water partition coefficient (Wildman–Crippen LogP) is 1.71. The van der Waals surface area contributed by atoms with E-state index in [9.17, 15) is 13.6 Å². The molecule has 1 N–H and O–H groups in total. The Morgan fingerprint density at radius 2 is 2.27 bits per heavy atom. The minimum atomic E-state index is -2.77. The molecule has 2 unspecified atom stereocenters.